The van der Waals surface area contributed by atoms with Gasteiger partial charge < -0.3 is 10.5 Å². The molecule has 3 N–H and O–H groups in total. The summed E-state index contributed by atoms with van der Waals surface area (Å²) in [7, 11) is 0. The van der Waals surface area contributed by atoms with Crippen molar-refractivity contribution in [3.05, 3.63) is 18.0 Å². The lowest BCUT2D eigenvalue weighted by Gasteiger charge is -2.24. The summed E-state index contributed by atoms with van der Waals surface area (Å²) in [6.07, 6.45) is 4.14. The number of hydrogen-bond acceptors (Lipinski definition) is 4. The first-order valence-corrected chi connectivity index (χ1v) is 5.17. The van der Waals surface area contributed by atoms with E-state index < -0.39 is 17.5 Å². The minimum atomic E-state index is -1.12. The highest BCUT2D eigenvalue weighted by atomic mass is 16.6. The van der Waals surface area contributed by atoms with Gasteiger partial charge in [-0.15, -0.1) is 0 Å². The van der Waals surface area contributed by atoms with Gasteiger partial charge in [-0.25, -0.2) is 4.79 Å². The fraction of sp³-hybridized carbons (Fsp3) is 0.500. The van der Waals surface area contributed by atoms with E-state index in [0.29, 0.717) is 12.8 Å². The van der Waals surface area contributed by atoms with Crippen LogP contribution in [0.25, 0.3) is 0 Å². The second-order valence-corrected chi connectivity index (χ2v) is 3.93. The Kier molecular flexibility index (Phi) is 2.64. The van der Waals surface area contributed by atoms with Gasteiger partial charge in [0.25, 0.3) is 5.91 Å². The van der Waals surface area contributed by atoms with Gasteiger partial charge in [0, 0.05) is 6.20 Å². The Morgan fingerprint density at radius 2 is 2.12 bits per heavy atom. The fourth-order valence-corrected chi connectivity index (χ4v) is 1.95. The lowest BCUT2D eigenvalue weighted by molar-refractivity contribution is -0.136. The summed E-state index contributed by atoms with van der Waals surface area (Å²) in [6.45, 7) is 0. The Hall–Kier alpha value is -1.85. The van der Waals surface area contributed by atoms with Crippen LogP contribution < -0.4 is 5.73 Å². The van der Waals surface area contributed by atoms with Gasteiger partial charge in [0.2, 0.25) is 0 Å². The number of aromatic amines is 1. The molecule has 6 heteroatoms. The third-order valence-corrected chi connectivity index (χ3v) is 2.87. The van der Waals surface area contributed by atoms with E-state index in [1.165, 1.54) is 12.3 Å². The molecule has 0 aromatic carbocycles. The maximum atomic E-state index is 11.7. The molecule has 1 saturated carbocycles. The molecule has 0 saturated heterocycles. The Morgan fingerprint density at radius 3 is 2.62 bits per heavy atom. The first kappa shape index (κ1) is 10.7. The number of primary amides is 1. The largest absolute Gasteiger partial charge is 0.444 e. The molecular weight excluding hydrogens is 210 g/mol. The van der Waals surface area contributed by atoms with Crippen molar-refractivity contribution in [3.63, 3.8) is 0 Å². The van der Waals surface area contributed by atoms with Crippen molar-refractivity contribution < 1.29 is 14.3 Å². The number of nitrogens with zero attached hydrogens (tertiary/aromatic N) is 1. The Bertz CT molecular complexity index is 393. The van der Waals surface area contributed by atoms with E-state index in [4.69, 9.17) is 10.5 Å². The van der Waals surface area contributed by atoms with Gasteiger partial charge in [0.05, 0.1) is 0 Å². The highest BCUT2D eigenvalue weighted by Crippen LogP contribution is 2.33. The Morgan fingerprint density at radius 1 is 1.44 bits per heavy atom. The first-order valence-electron chi connectivity index (χ1n) is 5.17. The molecule has 0 aliphatic heterocycles. The summed E-state index contributed by atoms with van der Waals surface area (Å²) < 4.78 is 5.22. The second kappa shape index (κ2) is 3.96. The van der Waals surface area contributed by atoms with Gasteiger partial charge >= 0.3 is 5.97 Å². The molecular formula is C10H13N3O3. The maximum Gasteiger partial charge on any atom is 0.357 e. The molecule has 0 atom stereocenters. The molecule has 1 aromatic rings. The molecule has 86 valence electrons. The van der Waals surface area contributed by atoms with Crippen LogP contribution in [-0.4, -0.2) is 27.7 Å². The zero-order chi connectivity index (χ0) is 11.6. The van der Waals surface area contributed by atoms with Crippen LogP contribution in [0.15, 0.2) is 12.3 Å². The molecule has 0 radical (unpaired) electrons. The number of rotatable bonds is 3. The van der Waals surface area contributed by atoms with E-state index in [-0.39, 0.29) is 5.69 Å². The van der Waals surface area contributed by atoms with Crippen molar-refractivity contribution in [2.24, 2.45) is 5.73 Å². The summed E-state index contributed by atoms with van der Waals surface area (Å²) in [5, 5.41) is 6.13. The van der Waals surface area contributed by atoms with Gasteiger partial charge in [-0.2, -0.15) is 5.10 Å². The lowest BCUT2D eigenvalue weighted by atomic mass is 10.0. The monoisotopic (exact) mass is 223 g/mol. The summed E-state index contributed by atoms with van der Waals surface area (Å²) >= 11 is 0. The van der Waals surface area contributed by atoms with Crippen molar-refractivity contribution in [3.8, 4) is 0 Å². The average Bonchev–Trinajstić information content (AvgIpc) is 2.88. The quantitative estimate of drug-likeness (QED) is 0.723. The van der Waals surface area contributed by atoms with E-state index in [0.717, 1.165) is 12.8 Å². The van der Waals surface area contributed by atoms with Crippen molar-refractivity contribution in [1.29, 1.82) is 0 Å². The molecule has 1 aromatic heterocycles. The first-order chi connectivity index (χ1) is 7.64. The number of ether oxygens (including phenoxy) is 1. The van der Waals surface area contributed by atoms with E-state index in [2.05, 4.69) is 10.2 Å². The number of amides is 1. The van der Waals surface area contributed by atoms with Crippen LogP contribution in [0.5, 0.6) is 0 Å². The van der Waals surface area contributed by atoms with Gasteiger partial charge in [-0.1, -0.05) is 0 Å². The number of nitrogens with two attached hydrogens (primary N) is 1. The number of hydrogen-bond donors (Lipinski definition) is 2. The smallest absolute Gasteiger partial charge is 0.357 e. The molecule has 0 spiro atoms. The highest BCUT2D eigenvalue weighted by molar-refractivity contribution is 5.92. The summed E-state index contributed by atoms with van der Waals surface area (Å²) in [5.41, 5.74) is 4.40. The minimum absolute atomic E-state index is 0.229. The molecule has 16 heavy (non-hydrogen) atoms. The van der Waals surface area contributed by atoms with Gasteiger partial charge in [0.1, 0.15) is 5.69 Å². The molecule has 2 rings (SSSR count). The van der Waals surface area contributed by atoms with Gasteiger partial charge in [-0.05, 0) is 31.7 Å². The normalized spacial score (nSPS) is 18.2. The minimum Gasteiger partial charge on any atom is -0.444 e. The van der Waals surface area contributed by atoms with Crippen LogP contribution in [-0.2, 0) is 9.53 Å². The Labute approximate surface area is 92.2 Å². The second-order valence-electron chi connectivity index (χ2n) is 3.93. The standard InChI is InChI=1S/C10H13N3O3/c11-9(15)10(4-1-2-5-10)16-8(14)7-3-6-12-13-7/h3,6H,1-2,4-5H2,(H2,11,15)(H,12,13). The number of H-pyrrole nitrogens is 1. The van der Waals surface area contributed by atoms with Crippen molar-refractivity contribution in [2.45, 2.75) is 31.3 Å². The lowest BCUT2D eigenvalue weighted by Crippen LogP contribution is -2.45. The highest BCUT2D eigenvalue weighted by Gasteiger charge is 2.43. The topological polar surface area (TPSA) is 98.1 Å². The molecule has 1 aliphatic carbocycles. The van der Waals surface area contributed by atoms with Crippen molar-refractivity contribution in [2.75, 3.05) is 0 Å². The zero-order valence-electron chi connectivity index (χ0n) is 8.73. The molecule has 1 fully saturated rings. The molecule has 0 bridgehead atoms. The van der Waals surface area contributed by atoms with Crippen LogP contribution in [0.2, 0.25) is 0 Å². The van der Waals surface area contributed by atoms with E-state index in [9.17, 15) is 9.59 Å². The van der Waals surface area contributed by atoms with Crippen LogP contribution in [0, 0.1) is 0 Å². The maximum absolute atomic E-state index is 11.7. The van der Waals surface area contributed by atoms with Crippen LogP contribution in [0.4, 0.5) is 0 Å². The van der Waals surface area contributed by atoms with E-state index in [1.807, 2.05) is 0 Å². The fourth-order valence-electron chi connectivity index (χ4n) is 1.95. The molecule has 1 heterocycles. The Balaban J connectivity index is 2.13. The molecule has 6 nitrogen and oxygen atoms in total. The number of carbonyl (C=O) groups excluding carboxylic acids is 2. The SMILES string of the molecule is NC(=O)C1(OC(=O)c2ccn[nH]2)CCCC1. The number of esters is 1. The predicted octanol–water partition coefficient (Wildman–Crippen LogP) is 0.365. The van der Waals surface area contributed by atoms with Gasteiger partial charge in [-0.3, -0.25) is 9.89 Å². The third-order valence-electron chi connectivity index (χ3n) is 2.87. The third kappa shape index (κ3) is 1.78. The number of nitrogens with one attached hydrogen (secondary N) is 1. The van der Waals surface area contributed by atoms with Crippen molar-refractivity contribution in [1.82, 2.24) is 10.2 Å². The summed E-state index contributed by atoms with van der Waals surface area (Å²) in [6, 6.07) is 1.49. The predicted molar refractivity (Wildman–Crippen MR) is 54.4 cm³/mol. The van der Waals surface area contributed by atoms with Crippen LogP contribution in [0.1, 0.15) is 36.2 Å². The number of carbonyl (C=O) groups is 2. The van der Waals surface area contributed by atoms with Crippen molar-refractivity contribution >= 4 is 11.9 Å². The molecule has 1 amide bonds. The number of aromatic nitrogens is 2. The molecule has 0 unspecified atom stereocenters. The summed E-state index contributed by atoms with van der Waals surface area (Å²) in [5.74, 6) is -1.16. The van der Waals surface area contributed by atoms with E-state index >= 15 is 0 Å². The van der Waals surface area contributed by atoms with Crippen LogP contribution in [0.3, 0.4) is 0 Å². The molecule has 1 aliphatic rings. The van der Waals surface area contributed by atoms with Gasteiger partial charge in [0.15, 0.2) is 5.60 Å². The van der Waals surface area contributed by atoms with Crippen LogP contribution >= 0.6 is 0 Å². The summed E-state index contributed by atoms with van der Waals surface area (Å²) in [4.78, 5) is 23.0. The average molecular weight is 223 g/mol. The van der Waals surface area contributed by atoms with E-state index in [1.54, 1.807) is 0 Å². The zero-order valence-corrected chi connectivity index (χ0v) is 8.73.